The number of hydrogen-bond donors (Lipinski definition) is 0. The maximum atomic E-state index is 11.8. The van der Waals surface area contributed by atoms with Gasteiger partial charge in [-0.2, -0.15) is 0 Å². The highest BCUT2D eigenvalue weighted by Gasteiger charge is 2.43. The average Bonchev–Trinajstić information content (AvgIpc) is 3.22. The number of rotatable bonds is 6. The fourth-order valence-corrected chi connectivity index (χ4v) is 5.86. The minimum absolute atomic E-state index is 0.124. The molecule has 1 aliphatic carbocycles. The van der Waals surface area contributed by atoms with Gasteiger partial charge in [0.2, 0.25) is 0 Å². The largest absolute Gasteiger partial charge is 0.493 e. The van der Waals surface area contributed by atoms with Gasteiger partial charge in [-0.05, 0) is 44.2 Å². The number of methoxy groups -OCH3 is 2. The molecular formula is C22H33N3O4. The van der Waals surface area contributed by atoms with Gasteiger partial charge < -0.3 is 9.47 Å². The summed E-state index contributed by atoms with van der Waals surface area (Å²) in [5, 5.41) is 11.8. The van der Waals surface area contributed by atoms with E-state index in [4.69, 9.17) is 9.47 Å². The standard InChI is InChI=1S/C22H33N3O4/c1-28-20-13-17(19(25(26)27)14-21(20)29-2)15-24-12-11-23-10-6-9-18(23)22(24)16-7-4-3-5-8-16/h13-14,16,18,22H,3-12,15H2,1-2H3/t18-,22-/m1/s1. The van der Waals surface area contributed by atoms with Gasteiger partial charge in [0.15, 0.2) is 11.5 Å². The van der Waals surface area contributed by atoms with Gasteiger partial charge in [0.05, 0.1) is 25.2 Å². The average molecular weight is 404 g/mol. The molecule has 0 radical (unpaired) electrons. The first-order valence-electron chi connectivity index (χ1n) is 11.0. The van der Waals surface area contributed by atoms with E-state index in [0.717, 1.165) is 18.7 Å². The van der Waals surface area contributed by atoms with E-state index in [1.165, 1.54) is 64.7 Å². The molecule has 1 saturated carbocycles. The second kappa shape index (κ2) is 8.88. The first-order valence-corrected chi connectivity index (χ1v) is 11.0. The molecule has 0 N–H and O–H groups in total. The van der Waals surface area contributed by atoms with Crippen LogP contribution in [0.4, 0.5) is 5.69 Å². The maximum Gasteiger partial charge on any atom is 0.277 e. The van der Waals surface area contributed by atoms with Crippen molar-refractivity contribution in [1.29, 1.82) is 0 Å². The molecule has 3 aliphatic rings. The Kier molecular flexibility index (Phi) is 6.25. The third-order valence-corrected chi connectivity index (χ3v) is 7.19. The number of piperazine rings is 1. The van der Waals surface area contributed by atoms with Crippen LogP contribution in [-0.2, 0) is 6.54 Å². The Labute approximate surface area is 173 Å². The van der Waals surface area contributed by atoms with Crippen molar-refractivity contribution in [3.05, 3.63) is 27.8 Å². The van der Waals surface area contributed by atoms with E-state index in [1.807, 2.05) is 0 Å². The molecule has 0 aromatic heterocycles. The number of fused-ring (bicyclic) bond motifs is 1. The summed E-state index contributed by atoms with van der Waals surface area (Å²) >= 11 is 0. The highest BCUT2D eigenvalue weighted by Crippen LogP contribution is 2.40. The lowest BCUT2D eigenvalue weighted by atomic mass is 9.78. The van der Waals surface area contributed by atoms with Gasteiger partial charge in [-0.25, -0.2) is 0 Å². The van der Waals surface area contributed by atoms with Crippen LogP contribution in [0.2, 0.25) is 0 Å². The molecule has 0 amide bonds. The van der Waals surface area contributed by atoms with E-state index >= 15 is 0 Å². The van der Waals surface area contributed by atoms with Crippen molar-refractivity contribution in [3.8, 4) is 11.5 Å². The smallest absolute Gasteiger partial charge is 0.277 e. The van der Waals surface area contributed by atoms with Gasteiger partial charge in [-0.15, -0.1) is 0 Å². The Bertz CT molecular complexity index is 735. The fraction of sp³-hybridized carbons (Fsp3) is 0.727. The Hall–Kier alpha value is -1.86. The van der Waals surface area contributed by atoms with Crippen LogP contribution in [0.1, 0.15) is 50.5 Å². The van der Waals surface area contributed by atoms with Gasteiger partial charge in [-0.1, -0.05) is 19.3 Å². The highest BCUT2D eigenvalue weighted by atomic mass is 16.6. The molecule has 0 unspecified atom stereocenters. The summed E-state index contributed by atoms with van der Waals surface area (Å²) in [5.41, 5.74) is 0.846. The van der Waals surface area contributed by atoms with Crippen LogP contribution < -0.4 is 9.47 Å². The molecule has 1 aromatic rings. The van der Waals surface area contributed by atoms with E-state index in [1.54, 1.807) is 13.2 Å². The van der Waals surface area contributed by atoms with Crippen LogP contribution in [0, 0.1) is 16.0 Å². The van der Waals surface area contributed by atoms with Crippen molar-refractivity contribution >= 4 is 5.69 Å². The van der Waals surface area contributed by atoms with Gasteiger partial charge >= 0.3 is 0 Å². The Morgan fingerprint density at radius 3 is 2.41 bits per heavy atom. The Balaban J connectivity index is 1.65. The van der Waals surface area contributed by atoms with Gasteiger partial charge in [0.25, 0.3) is 5.69 Å². The molecule has 3 fully saturated rings. The molecular weight excluding hydrogens is 370 g/mol. The lowest BCUT2D eigenvalue weighted by Crippen LogP contribution is -2.59. The summed E-state index contributed by atoms with van der Waals surface area (Å²) in [6, 6.07) is 4.41. The topological polar surface area (TPSA) is 68.1 Å². The first-order chi connectivity index (χ1) is 14.1. The second-order valence-corrected chi connectivity index (χ2v) is 8.70. The zero-order valence-corrected chi connectivity index (χ0v) is 17.6. The quantitative estimate of drug-likeness (QED) is 0.531. The molecule has 4 rings (SSSR count). The molecule has 0 bridgehead atoms. The number of ether oxygens (including phenoxy) is 2. The molecule has 7 heteroatoms. The molecule has 2 atom stereocenters. The molecule has 2 heterocycles. The summed E-state index contributed by atoms with van der Waals surface area (Å²) in [4.78, 5) is 16.7. The lowest BCUT2D eigenvalue weighted by molar-refractivity contribution is -0.385. The molecule has 2 saturated heterocycles. The van der Waals surface area contributed by atoms with Crippen molar-refractivity contribution in [2.75, 3.05) is 33.9 Å². The SMILES string of the molecule is COc1cc(CN2CCN3CCC[C@@H]3[C@H]2C2CCCCC2)c([N+](=O)[O-])cc1OC. The van der Waals surface area contributed by atoms with Crippen molar-refractivity contribution in [2.45, 2.75) is 63.6 Å². The third kappa shape index (κ3) is 4.08. The van der Waals surface area contributed by atoms with Gasteiger partial charge in [0.1, 0.15) is 0 Å². The minimum Gasteiger partial charge on any atom is -0.493 e. The molecule has 160 valence electrons. The molecule has 2 aliphatic heterocycles. The van der Waals surface area contributed by atoms with Gasteiger partial charge in [0, 0.05) is 37.3 Å². The Morgan fingerprint density at radius 2 is 1.72 bits per heavy atom. The maximum absolute atomic E-state index is 11.8. The number of hydrogen-bond acceptors (Lipinski definition) is 6. The molecule has 7 nitrogen and oxygen atoms in total. The summed E-state index contributed by atoms with van der Waals surface area (Å²) in [5.74, 6) is 1.67. The van der Waals surface area contributed by atoms with E-state index in [9.17, 15) is 10.1 Å². The van der Waals surface area contributed by atoms with Crippen molar-refractivity contribution in [2.24, 2.45) is 5.92 Å². The highest BCUT2D eigenvalue weighted by molar-refractivity contribution is 5.54. The Morgan fingerprint density at radius 1 is 1.00 bits per heavy atom. The monoisotopic (exact) mass is 403 g/mol. The van der Waals surface area contributed by atoms with Crippen LogP contribution in [0.5, 0.6) is 11.5 Å². The molecule has 29 heavy (non-hydrogen) atoms. The third-order valence-electron chi connectivity index (χ3n) is 7.19. The van der Waals surface area contributed by atoms with Crippen molar-refractivity contribution in [1.82, 2.24) is 9.80 Å². The first kappa shape index (κ1) is 20.4. The fourth-order valence-electron chi connectivity index (χ4n) is 5.86. The predicted octanol–water partition coefficient (Wildman–Crippen LogP) is 3.84. The number of nitro benzene ring substituents is 1. The lowest BCUT2D eigenvalue weighted by Gasteiger charge is -2.49. The number of nitrogens with zero attached hydrogens (tertiary/aromatic N) is 3. The minimum atomic E-state index is -0.293. The van der Waals surface area contributed by atoms with Crippen molar-refractivity contribution < 1.29 is 14.4 Å². The van der Waals surface area contributed by atoms with Crippen LogP contribution in [0.15, 0.2) is 12.1 Å². The summed E-state index contributed by atoms with van der Waals surface area (Å²) in [6.07, 6.45) is 9.10. The van der Waals surface area contributed by atoms with Gasteiger partial charge in [-0.3, -0.25) is 19.9 Å². The second-order valence-electron chi connectivity index (χ2n) is 8.70. The summed E-state index contributed by atoms with van der Waals surface area (Å²) < 4.78 is 10.7. The van der Waals surface area contributed by atoms with Crippen LogP contribution in [0.25, 0.3) is 0 Å². The zero-order valence-electron chi connectivity index (χ0n) is 17.6. The summed E-state index contributed by atoms with van der Waals surface area (Å²) in [7, 11) is 3.09. The van der Waals surface area contributed by atoms with Crippen LogP contribution in [-0.4, -0.2) is 60.7 Å². The molecule has 0 spiro atoms. The van der Waals surface area contributed by atoms with E-state index < -0.39 is 0 Å². The van der Waals surface area contributed by atoms with Crippen LogP contribution in [0.3, 0.4) is 0 Å². The molecule has 1 aromatic carbocycles. The van der Waals surface area contributed by atoms with E-state index in [2.05, 4.69) is 9.80 Å². The predicted molar refractivity (Wildman–Crippen MR) is 112 cm³/mol. The summed E-state index contributed by atoms with van der Waals surface area (Å²) in [6.45, 7) is 3.85. The number of benzene rings is 1. The zero-order chi connectivity index (χ0) is 20.4. The van der Waals surface area contributed by atoms with E-state index in [0.29, 0.717) is 36.0 Å². The number of nitro groups is 1. The van der Waals surface area contributed by atoms with Crippen LogP contribution >= 0.6 is 0 Å². The van der Waals surface area contributed by atoms with E-state index in [-0.39, 0.29) is 10.6 Å². The normalized spacial score (nSPS) is 26.3. The van der Waals surface area contributed by atoms with Crippen molar-refractivity contribution in [3.63, 3.8) is 0 Å².